The molecule has 4 heteroatoms. The van der Waals surface area contributed by atoms with Gasteiger partial charge in [0, 0.05) is 17.5 Å². The Balaban J connectivity index is 1.97. The Morgan fingerprint density at radius 3 is 2.75 bits per heavy atom. The average molecular weight is 252 g/mol. The lowest BCUT2D eigenvalue weighted by Crippen LogP contribution is -2.18. The van der Waals surface area contributed by atoms with Crippen LogP contribution in [0.25, 0.3) is 0 Å². The standard InChI is InChI=1S/C12H16N2S2/c1-8-5-15-6-11(8)4-13-9(2)12-10(3)14-7-16-12/h5-7,9,13H,4H2,1-3H3. The molecule has 0 bridgehead atoms. The van der Waals surface area contributed by atoms with Crippen LogP contribution in [-0.2, 0) is 6.54 Å². The molecule has 0 spiro atoms. The Morgan fingerprint density at radius 1 is 1.38 bits per heavy atom. The zero-order chi connectivity index (χ0) is 11.5. The van der Waals surface area contributed by atoms with Crippen molar-refractivity contribution in [1.29, 1.82) is 0 Å². The lowest BCUT2D eigenvalue weighted by atomic mass is 10.2. The van der Waals surface area contributed by atoms with Crippen molar-refractivity contribution < 1.29 is 0 Å². The molecule has 0 amide bonds. The van der Waals surface area contributed by atoms with Crippen LogP contribution in [0.2, 0.25) is 0 Å². The minimum atomic E-state index is 0.381. The van der Waals surface area contributed by atoms with Gasteiger partial charge in [0.05, 0.1) is 11.2 Å². The van der Waals surface area contributed by atoms with Gasteiger partial charge in [-0.1, -0.05) is 0 Å². The van der Waals surface area contributed by atoms with Crippen molar-refractivity contribution >= 4 is 22.7 Å². The van der Waals surface area contributed by atoms with E-state index in [-0.39, 0.29) is 0 Å². The summed E-state index contributed by atoms with van der Waals surface area (Å²) in [5.74, 6) is 0. The summed E-state index contributed by atoms with van der Waals surface area (Å²) < 4.78 is 0. The molecule has 0 saturated heterocycles. The van der Waals surface area contributed by atoms with Gasteiger partial charge in [-0.05, 0) is 42.7 Å². The highest BCUT2D eigenvalue weighted by Gasteiger charge is 2.10. The van der Waals surface area contributed by atoms with Gasteiger partial charge in [0.1, 0.15) is 0 Å². The third-order valence-electron chi connectivity index (χ3n) is 2.74. The van der Waals surface area contributed by atoms with E-state index in [0.717, 1.165) is 12.2 Å². The Labute approximate surface area is 104 Å². The maximum Gasteiger partial charge on any atom is 0.0798 e. The quantitative estimate of drug-likeness (QED) is 0.898. The highest BCUT2D eigenvalue weighted by atomic mass is 32.1. The highest BCUT2D eigenvalue weighted by molar-refractivity contribution is 7.09. The first-order valence-corrected chi connectivity index (χ1v) is 7.15. The zero-order valence-electron chi connectivity index (χ0n) is 9.78. The van der Waals surface area contributed by atoms with E-state index >= 15 is 0 Å². The molecule has 0 aliphatic heterocycles. The molecule has 86 valence electrons. The SMILES string of the molecule is Cc1cscc1CNC(C)c1scnc1C. The van der Waals surface area contributed by atoms with Gasteiger partial charge >= 0.3 is 0 Å². The summed E-state index contributed by atoms with van der Waals surface area (Å²) in [6.07, 6.45) is 0. The van der Waals surface area contributed by atoms with Gasteiger partial charge in [-0.2, -0.15) is 11.3 Å². The van der Waals surface area contributed by atoms with E-state index in [1.807, 2.05) is 5.51 Å². The van der Waals surface area contributed by atoms with Crippen molar-refractivity contribution in [1.82, 2.24) is 10.3 Å². The topological polar surface area (TPSA) is 24.9 Å². The van der Waals surface area contributed by atoms with Gasteiger partial charge in [0.15, 0.2) is 0 Å². The smallest absolute Gasteiger partial charge is 0.0798 e. The maximum absolute atomic E-state index is 4.28. The van der Waals surface area contributed by atoms with Crippen LogP contribution >= 0.6 is 22.7 Å². The third-order valence-corrected chi connectivity index (χ3v) is 4.76. The van der Waals surface area contributed by atoms with Gasteiger partial charge in [0.25, 0.3) is 0 Å². The molecule has 0 aliphatic carbocycles. The Morgan fingerprint density at radius 2 is 2.19 bits per heavy atom. The van der Waals surface area contributed by atoms with E-state index in [4.69, 9.17) is 0 Å². The largest absolute Gasteiger partial charge is 0.305 e. The monoisotopic (exact) mass is 252 g/mol. The van der Waals surface area contributed by atoms with Crippen LogP contribution < -0.4 is 5.32 Å². The molecule has 2 nitrogen and oxygen atoms in total. The first-order chi connectivity index (χ1) is 7.68. The summed E-state index contributed by atoms with van der Waals surface area (Å²) in [7, 11) is 0. The second-order valence-electron chi connectivity index (χ2n) is 3.98. The number of hydrogen-bond donors (Lipinski definition) is 1. The number of thiazole rings is 1. The van der Waals surface area contributed by atoms with E-state index in [1.165, 1.54) is 16.0 Å². The molecule has 2 rings (SSSR count). The number of aryl methyl sites for hydroxylation is 2. The molecule has 0 aliphatic rings. The number of hydrogen-bond acceptors (Lipinski definition) is 4. The molecular formula is C12H16N2S2. The number of nitrogens with one attached hydrogen (secondary N) is 1. The molecule has 0 saturated carbocycles. The van der Waals surface area contributed by atoms with E-state index in [9.17, 15) is 0 Å². The predicted octanol–water partition coefficient (Wildman–Crippen LogP) is 3.67. The minimum absolute atomic E-state index is 0.381. The summed E-state index contributed by atoms with van der Waals surface area (Å²) >= 11 is 3.50. The second kappa shape index (κ2) is 5.08. The molecule has 0 aromatic carbocycles. The first-order valence-electron chi connectivity index (χ1n) is 5.33. The van der Waals surface area contributed by atoms with Crippen molar-refractivity contribution in [2.24, 2.45) is 0 Å². The van der Waals surface area contributed by atoms with Gasteiger partial charge in [-0.3, -0.25) is 0 Å². The molecule has 2 heterocycles. The molecule has 2 aromatic rings. The van der Waals surface area contributed by atoms with Gasteiger partial charge in [-0.25, -0.2) is 4.98 Å². The summed E-state index contributed by atoms with van der Waals surface area (Å²) in [6.45, 7) is 7.37. The fourth-order valence-corrected chi connectivity index (χ4v) is 3.34. The van der Waals surface area contributed by atoms with E-state index in [2.05, 4.69) is 41.8 Å². The zero-order valence-corrected chi connectivity index (χ0v) is 11.4. The van der Waals surface area contributed by atoms with Gasteiger partial charge < -0.3 is 5.32 Å². The normalized spacial score (nSPS) is 12.9. The van der Waals surface area contributed by atoms with E-state index < -0.39 is 0 Å². The number of rotatable bonds is 4. The maximum atomic E-state index is 4.28. The summed E-state index contributed by atoms with van der Waals surface area (Å²) in [4.78, 5) is 5.62. The molecule has 2 aromatic heterocycles. The minimum Gasteiger partial charge on any atom is -0.305 e. The molecule has 1 atom stereocenters. The second-order valence-corrected chi connectivity index (χ2v) is 5.61. The number of nitrogens with zero attached hydrogens (tertiary/aromatic N) is 1. The van der Waals surface area contributed by atoms with Crippen LogP contribution in [0.15, 0.2) is 16.3 Å². The van der Waals surface area contributed by atoms with Crippen molar-refractivity contribution in [3.8, 4) is 0 Å². The molecular weight excluding hydrogens is 236 g/mol. The molecule has 1 unspecified atom stereocenters. The predicted molar refractivity (Wildman–Crippen MR) is 71.2 cm³/mol. The van der Waals surface area contributed by atoms with Crippen LogP contribution in [-0.4, -0.2) is 4.98 Å². The number of aromatic nitrogens is 1. The summed E-state index contributed by atoms with van der Waals surface area (Å²) in [5.41, 5.74) is 5.84. The fourth-order valence-electron chi connectivity index (χ4n) is 1.65. The Kier molecular flexibility index (Phi) is 3.74. The number of thiophene rings is 1. The van der Waals surface area contributed by atoms with Crippen LogP contribution in [0.1, 0.15) is 34.7 Å². The van der Waals surface area contributed by atoms with Crippen LogP contribution in [0.5, 0.6) is 0 Å². The van der Waals surface area contributed by atoms with Gasteiger partial charge in [-0.15, -0.1) is 11.3 Å². The lowest BCUT2D eigenvalue weighted by Gasteiger charge is -2.12. The average Bonchev–Trinajstić information content (AvgIpc) is 2.84. The summed E-state index contributed by atoms with van der Waals surface area (Å²) in [5, 5.41) is 7.96. The highest BCUT2D eigenvalue weighted by Crippen LogP contribution is 2.22. The van der Waals surface area contributed by atoms with E-state index in [0.29, 0.717) is 6.04 Å². The fraction of sp³-hybridized carbons (Fsp3) is 0.417. The Bertz CT molecular complexity index is 459. The molecule has 16 heavy (non-hydrogen) atoms. The van der Waals surface area contributed by atoms with Crippen molar-refractivity contribution in [2.75, 3.05) is 0 Å². The first kappa shape index (κ1) is 11.8. The van der Waals surface area contributed by atoms with Crippen LogP contribution in [0, 0.1) is 13.8 Å². The summed E-state index contributed by atoms with van der Waals surface area (Å²) in [6, 6.07) is 0.381. The van der Waals surface area contributed by atoms with Gasteiger partial charge in [0.2, 0.25) is 0 Å². The molecule has 0 radical (unpaired) electrons. The van der Waals surface area contributed by atoms with Crippen molar-refractivity contribution in [3.63, 3.8) is 0 Å². The van der Waals surface area contributed by atoms with E-state index in [1.54, 1.807) is 22.7 Å². The molecule has 1 N–H and O–H groups in total. The van der Waals surface area contributed by atoms with Crippen LogP contribution in [0.3, 0.4) is 0 Å². The Hall–Kier alpha value is -0.710. The third kappa shape index (κ3) is 2.51. The van der Waals surface area contributed by atoms with Crippen molar-refractivity contribution in [3.05, 3.63) is 38.0 Å². The van der Waals surface area contributed by atoms with Crippen molar-refractivity contribution in [2.45, 2.75) is 33.4 Å². The lowest BCUT2D eigenvalue weighted by molar-refractivity contribution is 0.579. The van der Waals surface area contributed by atoms with Crippen LogP contribution in [0.4, 0.5) is 0 Å². The molecule has 0 fully saturated rings.